The van der Waals surface area contributed by atoms with Gasteiger partial charge in [0.15, 0.2) is 0 Å². The number of nitrogens with one attached hydrogen (secondary N) is 1. The fourth-order valence-corrected chi connectivity index (χ4v) is 1.27. The van der Waals surface area contributed by atoms with E-state index in [1.54, 1.807) is 0 Å². The fraction of sp³-hybridized carbons (Fsp3) is 0.364. The van der Waals surface area contributed by atoms with E-state index in [0.29, 0.717) is 0 Å². The second kappa shape index (κ2) is 5.36. The summed E-state index contributed by atoms with van der Waals surface area (Å²) >= 11 is 0. The van der Waals surface area contributed by atoms with Crippen molar-refractivity contribution in [2.24, 2.45) is 0 Å². The average molecular weight is 176 g/mol. The van der Waals surface area contributed by atoms with E-state index in [9.17, 15) is 0 Å². The molecular formula is C11H16N2. The largest absolute Gasteiger partial charge is 0.359 e. The molecule has 1 N–H and O–H groups in total. The summed E-state index contributed by atoms with van der Waals surface area (Å²) < 4.78 is 0. The van der Waals surface area contributed by atoms with Crippen LogP contribution in [0.5, 0.6) is 0 Å². The maximum atomic E-state index is 7.17. The Labute approximate surface area is 79.8 Å². The van der Waals surface area contributed by atoms with Gasteiger partial charge in [0.25, 0.3) is 0 Å². The molecule has 0 amide bonds. The summed E-state index contributed by atoms with van der Waals surface area (Å²) in [5.74, 6) is 0. The highest BCUT2D eigenvalue weighted by Gasteiger charge is 1.98. The molecule has 0 bridgehead atoms. The quantitative estimate of drug-likeness (QED) is 0.482. The summed E-state index contributed by atoms with van der Waals surface area (Å²) in [5.41, 5.74) is 1.16. The first kappa shape index (κ1) is 9.78. The molecule has 1 heterocycles. The van der Waals surface area contributed by atoms with E-state index < -0.39 is 0 Å². The van der Waals surface area contributed by atoms with Crippen LogP contribution in [0.3, 0.4) is 0 Å². The van der Waals surface area contributed by atoms with Gasteiger partial charge >= 0.3 is 0 Å². The molecule has 0 unspecified atom stereocenters. The second-order valence-corrected chi connectivity index (χ2v) is 3.17. The zero-order valence-electron chi connectivity index (χ0n) is 7.87. The minimum absolute atomic E-state index is 0.834. The zero-order chi connectivity index (χ0) is 9.52. The molecule has 2 nitrogen and oxygen atoms in total. The van der Waals surface area contributed by atoms with Crippen molar-refractivity contribution in [3.05, 3.63) is 36.5 Å². The van der Waals surface area contributed by atoms with Gasteiger partial charge in [-0.05, 0) is 12.8 Å². The molecule has 0 aliphatic carbocycles. The molecule has 0 fully saturated rings. The van der Waals surface area contributed by atoms with Crippen LogP contribution >= 0.6 is 0 Å². The molecule has 2 heteroatoms. The van der Waals surface area contributed by atoms with Gasteiger partial charge < -0.3 is 4.90 Å². The lowest BCUT2D eigenvalue weighted by molar-refractivity contribution is 0.460. The summed E-state index contributed by atoms with van der Waals surface area (Å²) in [6.45, 7) is 5.72. The summed E-state index contributed by atoms with van der Waals surface area (Å²) in [4.78, 5) is 1.99. The Morgan fingerprint density at radius 1 is 1.46 bits per heavy atom. The number of nitrogens with zero attached hydrogens (tertiary/aromatic N) is 1. The Kier molecular flexibility index (Phi) is 4.03. The normalized spacial score (nSPS) is 18.8. The predicted octanol–water partition coefficient (Wildman–Crippen LogP) is 2.36. The van der Waals surface area contributed by atoms with Crippen molar-refractivity contribution in [2.75, 3.05) is 13.1 Å². The van der Waals surface area contributed by atoms with Gasteiger partial charge in [-0.25, -0.2) is 0 Å². The van der Waals surface area contributed by atoms with E-state index in [0.717, 1.165) is 31.5 Å². The molecule has 0 spiro atoms. The number of hydrogen-bond donors (Lipinski definition) is 1. The fourth-order valence-electron chi connectivity index (χ4n) is 1.27. The lowest BCUT2D eigenvalue weighted by Gasteiger charge is -2.17. The molecule has 0 radical (unpaired) electrons. The first-order valence-electron chi connectivity index (χ1n) is 4.58. The Morgan fingerprint density at radius 2 is 2.31 bits per heavy atom. The van der Waals surface area contributed by atoms with Crippen LogP contribution in [0.2, 0.25) is 0 Å². The molecule has 0 atom stereocenters. The van der Waals surface area contributed by atoms with Crippen LogP contribution < -0.4 is 0 Å². The highest BCUT2D eigenvalue weighted by atomic mass is 15.1. The average Bonchev–Trinajstić information content (AvgIpc) is 2.15. The van der Waals surface area contributed by atoms with E-state index in [2.05, 4.69) is 18.7 Å². The number of rotatable bonds is 1. The van der Waals surface area contributed by atoms with Crippen molar-refractivity contribution in [3.8, 4) is 0 Å². The van der Waals surface area contributed by atoms with Crippen LogP contribution in [-0.4, -0.2) is 24.3 Å². The van der Waals surface area contributed by atoms with Crippen molar-refractivity contribution < 1.29 is 0 Å². The SMILES string of the molecule is C=C1C=CC=CCN(C=N)CCC1. The van der Waals surface area contributed by atoms with E-state index in [1.165, 1.54) is 6.34 Å². The van der Waals surface area contributed by atoms with Crippen molar-refractivity contribution in [3.63, 3.8) is 0 Å². The topological polar surface area (TPSA) is 27.1 Å². The lowest BCUT2D eigenvalue weighted by atomic mass is 10.1. The maximum Gasteiger partial charge on any atom is 0.0820 e. The lowest BCUT2D eigenvalue weighted by Crippen LogP contribution is -2.22. The molecular weight excluding hydrogens is 160 g/mol. The summed E-state index contributed by atoms with van der Waals surface area (Å²) in [6.07, 6.45) is 11.6. The monoisotopic (exact) mass is 176 g/mol. The van der Waals surface area contributed by atoms with Gasteiger partial charge in [-0.15, -0.1) is 0 Å². The zero-order valence-corrected chi connectivity index (χ0v) is 7.87. The van der Waals surface area contributed by atoms with E-state index >= 15 is 0 Å². The molecule has 1 aliphatic rings. The molecule has 70 valence electrons. The Bertz CT molecular complexity index is 238. The number of allylic oxidation sites excluding steroid dienone is 4. The molecule has 13 heavy (non-hydrogen) atoms. The van der Waals surface area contributed by atoms with Gasteiger partial charge in [-0.3, -0.25) is 5.41 Å². The third kappa shape index (κ3) is 3.74. The van der Waals surface area contributed by atoms with Gasteiger partial charge in [0.2, 0.25) is 0 Å². The van der Waals surface area contributed by atoms with Gasteiger partial charge in [0, 0.05) is 13.1 Å². The molecule has 0 aromatic rings. The smallest absolute Gasteiger partial charge is 0.0820 e. The summed E-state index contributed by atoms with van der Waals surface area (Å²) in [6, 6.07) is 0. The van der Waals surface area contributed by atoms with E-state index in [-0.39, 0.29) is 0 Å². The Morgan fingerprint density at radius 3 is 3.08 bits per heavy atom. The van der Waals surface area contributed by atoms with Crippen LogP contribution in [0, 0.1) is 5.41 Å². The van der Waals surface area contributed by atoms with Crippen LogP contribution in [0.25, 0.3) is 0 Å². The van der Waals surface area contributed by atoms with Gasteiger partial charge in [0.1, 0.15) is 0 Å². The molecule has 1 rings (SSSR count). The molecule has 1 aliphatic heterocycles. The van der Waals surface area contributed by atoms with Crippen molar-refractivity contribution in [1.29, 1.82) is 5.41 Å². The van der Waals surface area contributed by atoms with Crippen LogP contribution in [0.1, 0.15) is 12.8 Å². The van der Waals surface area contributed by atoms with Crippen LogP contribution in [0.15, 0.2) is 36.5 Å². The highest BCUT2D eigenvalue weighted by Crippen LogP contribution is 2.06. The minimum atomic E-state index is 0.834. The molecule has 0 saturated carbocycles. The number of hydrogen-bond acceptors (Lipinski definition) is 1. The Balaban J connectivity index is 2.56. The second-order valence-electron chi connectivity index (χ2n) is 3.17. The molecule has 0 saturated heterocycles. The van der Waals surface area contributed by atoms with Gasteiger partial charge in [-0.2, -0.15) is 0 Å². The van der Waals surface area contributed by atoms with Crippen LogP contribution in [0.4, 0.5) is 0 Å². The van der Waals surface area contributed by atoms with Gasteiger partial charge in [-0.1, -0.05) is 36.5 Å². The van der Waals surface area contributed by atoms with Crippen molar-refractivity contribution in [2.45, 2.75) is 12.8 Å². The third-order valence-corrected chi connectivity index (χ3v) is 2.04. The van der Waals surface area contributed by atoms with Crippen LogP contribution in [-0.2, 0) is 0 Å². The standard InChI is InChI=1S/C11H16N2/c1-11-6-3-2-4-8-13(10-12)9-5-7-11/h2-4,6,10,12H,1,5,7-9H2. The van der Waals surface area contributed by atoms with Crippen molar-refractivity contribution >= 4 is 6.34 Å². The maximum absolute atomic E-state index is 7.17. The van der Waals surface area contributed by atoms with Gasteiger partial charge in [0.05, 0.1) is 6.34 Å². The predicted molar refractivity (Wildman–Crippen MR) is 57.0 cm³/mol. The summed E-state index contributed by atoms with van der Waals surface area (Å²) in [5, 5.41) is 7.17. The minimum Gasteiger partial charge on any atom is -0.359 e. The Hall–Kier alpha value is -1.31. The molecule has 0 aromatic heterocycles. The molecule has 0 aromatic carbocycles. The summed E-state index contributed by atoms with van der Waals surface area (Å²) in [7, 11) is 0. The third-order valence-electron chi connectivity index (χ3n) is 2.04. The highest BCUT2D eigenvalue weighted by molar-refractivity contribution is 5.50. The first-order valence-corrected chi connectivity index (χ1v) is 4.58. The van der Waals surface area contributed by atoms with E-state index in [4.69, 9.17) is 5.41 Å². The van der Waals surface area contributed by atoms with Crippen molar-refractivity contribution in [1.82, 2.24) is 4.90 Å². The first-order chi connectivity index (χ1) is 6.33. The van der Waals surface area contributed by atoms with E-state index in [1.807, 2.05) is 17.1 Å².